The molecule has 2 aromatic carbocycles. The third-order valence-electron chi connectivity index (χ3n) is 4.69. The van der Waals surface area contributed by atoms with Gasteiger partial charge < -0.3 is 4.74 Å². The zero-order valence-corrected chi connectivity index (χ0v) is 17.2. The Kier molecular flexibility index (Phi) is 9.94. The monoisotopic (exact) mass is 418 g/mol. The van der Waals surface area contributed by atoms with E-state index in [-0.39, 0.29) is 11.4 Å². The molecule has 0 fully saturated rings. The Morgan fingerprint density at radius 1 is 1.03 bits per heavy atom. The van der Waals surface area contributed by atoms with Crippen molar-refractivity contribution in [1.82, 2.24) is 5.48 Å². The highest BCUT2D eigenvalue weighted by Gasteiger charge is 2.18. The molecular weight excluding hydrogens is 390 g/mol. The summed E-state index contributed by atoms with van der Waals surface area (Å²) < 4.78 is 33.4. The van der Waals surface area contributed by atoms with Crippen molar-refractivity contribution in [3.8, 4) is 5.75 Å². The van der Waals surface area contributed by atoms with E-state index in [0.717, 1.165) is 25.0 Å². The number of hydrogen-bond donors (Lipinski definition) is 2. The normalized spacial score (nSPS) is 11.4. The molecule has 0 aliphatic carbocycles. The lowest BCUT2D eigenvalue weighted by Gasteiger charge is -2.10. The van der Waals surface area contributed by atoms with Crippen LogP contribution < -0.4 is 10.2 Å². The van der Waals surface area contributed by atoms with Gasteiger partial charge in [0.25, 0.3) is 0 Å². The molecule has 2 rings (SSSR count). The molecule has 5 nitrogen and oxygen atoms in total. The van der Waals surface area contributed by atoms with Gasteiger partial charge in [-0.15, -0.1) is 0 Å². The fourth-order valence-electron chi connectivity index (χ4n) is 3.04. The number of aldehydes is 1. The van der Waals surface area contributed by atoms with Gasteiger partial charge in [-0.2, -0.15) is 0 Å². The first kappa shape index (κ1) is 23.5. The summed E-state index contributed by atoms with van der Waals surface area (Å²) in [6, 6.07) is 8.61. The number of hydroxylamine groups is 1. The summed E-state index contributed by atoms with van der Waals surface area (Å²) in [5.74, 6) is -2.11. The largest absolute Gasteiger partial charge is 0.494 e. The Morgan fingerprint density at radius 3 is 2.33 bits per heavy atom. The van der Waals surface area contributed by atoms with Gasteiger partial charge in [0, 0.05) is 5.56 Å². The number of carbonyl (C=O) groups is 1. The number of nitrogens with zero attached hydrogens (tertiary/aromatic N) is 1. The fourth-order valence-corrected chi connectivity index (χ4v) is 3.04. The van der Waals surface area contributed by atoms with Crippen molar-refractivity contribution in [1.29, 1.82) is 0 Å². The predicted octanol–water partition coefficient (Wildman–Crippen LogP) is 5.96. The van der Waals surface area contributed by atoms with E-state index in [1.165, 1.54) is 32.1 Å². The Labute approximate surface area is 175 Å². The lowest BCUT2D eigenvalue weighted by molar-refractivity contribution is 0.112. The van der Waals surface area contributed by atoms with E-state index in [0.29, 0.717) is 24.3 Å². The highest BCUT2D eigenvalue weighted by atomic mass is 19.2. The molecular formula is C23H28F2N2O3. The second-order valence-corrected chi connectivity index (χ2v) is 6.98. The standard InChI is InChI=1S/C23H28F2N2O3/c1-2-3-4-5-6-7-8-15-30-19-12-10-18(11-13-19)26-23(27-29)21-17(16-28)9-14-20(24)22(21)25/h9-14,16,29H,2-8,15H2,1H3,(H,26,27). The topological polar surface area (TPSA) is 70.9 Å². The molecule has 2 N–H and O–H groups in total. The highest BCUT2D eigenvalue weighted by Crippen LogP contribution is 2.22. The zero-order valence-electron chi connectivity index (χ0n) is 17.2. The molecule has 0 amide bonds. The maximum Gasteiger partial charge on any atom is 0.170 e. The number of ether oxygens (including phenoxy) is 1. The lowest BCUT2D eigenvalue weighted by Crippen LogP contribution is -2.23. The minimum absolute atomic E-state index is 0.135. The third kappa shape index (κ3) is 6.91. The van der Waals surface area contributed by atoms with Crippen LogP contribution in [0.1, 0.15) is 67.8 Å². The van der Waals surface area contributed by atoms with Crippen LogP contribution in [-0.4, -0.2) is 23.9 Å². The van der Waals surface area contributed by atoms with Crippen molar-refractivity contribution in [2.24, 2.45) is 4.99 Å². The summed E-state index contributed by atoms with van der Waals surface area (Å²) >= 11 is 0. The molecule has 0 radical (unpaired) electrons. The molecule has 0 atom stereocenters. The van der Waals surface area contributed by atoms with Crippen LogP contribution in [0.4, 0.5) is 14.5 Å². The molecule has 0 bridgehead atoms. The van der Waals surface area contributed by atoms with E-state index in [9.17, 15) is 18.8 Å². The summed E-state index contributed by atoms with van der Waals surface area (Å²) in [6.45, 7) is 2.82. The SMILES string of the molecule is CCCCCCCCCOc1ccc(N=C(NO)c2c(C=O)ccc(F)c2F)cc1. The zero-order chi connectivity index (χ0) is 21.8. The Morgan fingerprint density at radius 2 is 1.70 bits per heavy atom. The van der Waals surface area contributed by atoms with Crippen molar-refractivity contribution in [3.05, 3.63) is 59.2 Å². The molecule has 0 aromatic heterocycles. The molecule has 30 heavy (non-hydrogen) atoms. The second-order valence-electron chi connectivity index (χ2n) is 6.98. The predicted molar refractivity (Wildman–Crippen MR) is 113 cm³/mol. The fraction of sp³-hybridized carbons (Fsp3) is 0.391. The van der Waals surface area contributed by atoms with Crippen LogP contribution in [-0.2, 0) is 0 Å². The number of nitrogens with one attached hydrogen (secondary N) is 1. The summed E-state index contributed by atoms with van der Waals surface area (Å²) in [4.78, 5) is 15.2. The van der Waals surface area contributed by atoms with Crippen LogP contribution in [0.15, 0.2) is 41.4 Å². The van der Waals surface area contributed by atoms with Crippen LogP contribution in [0.5, 0.6) is 5.75 Å². The molecule has 0 unspecified atom stereocenters. The second kappa shape index (κ2) is 12.7. The summed E-state index contributed by atoms with van der Waals surface area (Å²) in [5.41, 5.74) is 1.54. The van der Waals surface area contributed by atoms with Crippen LogP contribution in [0.25, 0.3) is 0 Å². The van der Waals surface area contributed by atoms with Crippen LogP contribution in [0, 0.1) is 11.6 Å². The Balaban J connectivity index is 1.96. The number of hydrogen-bond acceptors (Lipinski definition) is 4. The van der Waals surface area contributed by atoms with Gasteiger partial charge in [-0.25, -0.2) is 13.8 Å². The van der Waals surface area contributed by atoms with E-state index in [1.54, 1.807) is 29.7 Å². The van der Waals surface area contributed by atoms with E-state index >= 15 is 0 Å². The van der Waals surface area contributed by atoms with E-state index in [4.69, 9.17) is 4.74 Å². The summed E-state index contributed by atoms with van der Waals surface area (Å²) in [6.07, 6.45) is 8.79. The quantitative estimate of drug-likeness (QED) is 0.147. The number of unbranched alkanes of at least 4 members (excludes halogenated alkanes) is 6. The van der Waals surface area contributed by atoms with Gasteiger partial charge in [0.05, 0.1) is 17.9 Å². The first-order valence-corrected chi connectivity index (χ1v) is 10.3. The van der Waals surface area contributed by atoms with E-state index in [2.05, 4.69) is 11.9 Å². The number of carbonyl (C=O) groups excluding carboxylic acids is 1. The van der Waals surface area contributed by atoms with Crippen molar-refractivity contribution in [2.45, 2.75) is 51.9 Å². The van der Waals surface area contributed by atoms with Gasteiger partial charge >= 0.3 is 0 Å². The molecule has 0 spiro atoms. The minimum Gasteiger partial charge on any atom is -0.494 e. The number of aliphatic imine (C=N–C) groups is 1. The number of benzene rings is 2. The first-order chi connectivity index (χ1) is 14.6. The van der Waals surface area contributed by atoms with Gasteiger partial charge in [0.15, 0.2) is 23.8 Å². The highest BCUT2D eigenvalue weighted by molar-refractivity contribution is 6.05. The van der Waals surface area contributed by atoms with Crippen molar-refractivity contribution in [3.63, 3.8) is 0 Å². The average molecular weight is 418 g/mol. The minimum atomic E-state index is -1.27. The summed E-state index contributed by atoms with van der Waals surface area (Å²) in [7, 11) is 0. The molecule has 162 valence electrons. The molecule has 0 aliphatic rings. The maximum absolute atomic E-state index is 14.2. The van der Waals surface area contributed by atoms with Gasteiger partial charge in [0.1, 0.15) is 5.75 Å². The van der Waals surface area contributed by atoms with Crippen LogP contribution in [0.2, 0.25) is 0 Å². The molecule has 2 aromatic rings. The van der Waals surface area contributed by atoms with Gasteiger partial charge in [-0.1, -0.05) is 45.4 Å². The van der Waals surface area contributed by atoms with Crippen molar-refractivity contribution in [2.75, 3.05) is 6.61 Å². The molecule has 7 heteroatoms. The maximum atomic E-state index is 14.2. The Bertz CT molecular complexity index is 839. The summed E-state index contributed by atoms with van der Waals surface area (Å²) in [5, 5.41) is 9.35. The number of rotatable bonds is 12. The van der Waals surface area contributed by atoms with Crippen LogP contribution in [0.3, 0.4) is 0 Å². The first-order valence-electron chi connectivity index (χ1n) is 10.3. The number of amidine groups is 1. The van der Waals surface area contributed by atoms with Crippen molar-refractivity contribution < 1.29 is 23.5 Å². The molecule has 0 saturated carbocycles. The number of halogens is 2. The molecule has 0 saturated heterocycles. The molecule has 0 aliphatic heterocycles. The average Bonchev–Trinajstić information content (AvgIpc) is 2.77. The Hall–Kier alpha value is -2.80. The van der Waals surface area contributed by atoms with E-state index in [1.807, 2.05) is 0 Å². The van der Waals surface area contributed by atoms with Gasteiger partial charge in [0.2, 0.25) is 0 Å². The van der Waals surface area contributed by atoms with Gasteiger partial charge in [-0.05, 0) is 42.8 Å². The molecule has 0 heterocycles. The van der Waals surface area contributed by atoms with E-state index < -0.39 is 17.2 Å². The van der Waals surface area contributed by atoms with Gasteiger partial charge in [-0.3, -0.25) is 15.5 Å². The van der Waals surface area contributed by atoms with Crippen molar-refractivity contribution >= 4 is 17.8 Å². The van der Waals surface area contributed by atoms with Crippen LogP contribution >= 0.6 is 0 Å². The lowest BCUT2D eigenvalue weighted by atomic mass is 10.1. The smallest absolute Gasteiger partial charge is 0.170 e. The third-order valence-corrected chi connectivity index (χ3v) is 4.69.